The number of carbonyl (C=O) groups is 3. The molecule has 0 bridgehead atoms. The Morgan fingerprint density at radius 2 is 0.620 bits per heavy atom. The van der Waals surface area contributed by atoms with E-state index in [1.54, 1.807) is 41.5 Å². The van der Waals surface area contributed by atoms with E-state index in [0.717, 1.165) is 0 Å². The van der Waals surface area contributed by atoms with Gasteiger partial charge in [-0.15, -0.1) is 0 Å². The summed E-state index contributed by atoms with van der Waals surface area (Å²) >= 11 is 12.5. The molecule has 0 saturated carbocycles. The maximum Gasteiger partial charge on any atom is 0.164 e. The predicted octanol–water partition coefficient (Wildman–Crippen LogP) is 7.60. The molecule has 0 heterocycles. The lowest BCUT2D eigenvalue weighted by Crippen LogP contribution is -2.44. The number of hydrogen-bond acceptors (Lipinski definition) is 12. The summed E-state index contributed by atoms with van der Waals surface area (Å²) in [7, 11) is 0. The third kappa shape index (κ3) is 20.3. The standard InChI is InChI=1S/C38H72O9S3/c1-32(2,17-20-42-35(7,8)29(39)14-23-48)45-26-38(13,27-46-33(3,4)18-21-43-36(9,10)30(40)15-24-49)28-47-34(5,6)19-22-44-37(11,12)31(41)16-25-50/h48-50H,14-28H2,1-13H3. The maximum atomic E-state index is 12.4. The molecule has 0 aromatic carbocycles. The SMILES string of the molecule is CC(COC(C)(C)CCOC(C)(C)C(=O)CCS)(COC(C)(C)CCOC(C)(C)C(=O)CCS)COC(C)(C)CCOC(C)(C)C(=O)CCS. The minimum atomic E-state index is -0.885. The summed E-state index contributed by atoms with van der Waals surface area (Å²) in [6.07, 6.45) is 2.82. The first-order valence-corrected chi connectivity index (χ1v) is 19.8. The van der Waals surface area contributed by atoms with Crippen molar-refractivity contribution in [2.45, 2.75) is 162 Å². The Labute approximate surface area is 321 Å². The Morgan fingerprint density at radius 3 is 0.820 bits per heavy atom. The quantitative estimate of drug-likeness (QED) is 0.0638. The van der Waals surface area contributed by atoms with Crippen LogP contribution in [0.2, 0.25) is 0 Å². The van der Waals surface area contributed by atoms with Crippen molar-refractivity contribution in [1.29, 1.82) is 0 Å². The molecule has 0 amide bonds. The minimum Gasteiger partial charge on any atom is -0.375 e. The smallest absolute Gasteiger partial charge is 0.164 e. The number of carbonyl (C=O) groups excluding carboxylic acids is 3. The highest BCUT2D eigenvalue weighted by Gasteiger charge is 2.36. The normalized spacial score (nSPS) is 13.9. The van der Waals surface area contributed by atoms with Crippen molar-refractivity contribution in [3.8, 4) is 0 Å². The molecule has 0 aliphatic heterocycles. The van der Waals surface area contributed by atoms with Gasteiger partial charge in [0, 0.05) is 24.7 Å². The molecule has 0 spiro atoms. The van der Waals surface area contributed by atoms with Gasteiger partial charge in [-0.2, -0.15) is 37.9 Å². The van der Waals surface area contributed by atoms with Gasteiger partial charge in [0.1, 0.15) is 16.8 Å². The first kappa shape index (κ1) is 49.8. The summed E-state index contributed by atoms with van der Waals surface area (Å²) in [6, 6.07) is 0. The summed E-state index contributed by atoms with van der Waals surface area (Å²) in [4.78, 5) is 37.3. The van der Waals surface area contributed by atoms with Gasteiger partial charge >= 0.3 is 0 Å². The fraction of sp³-hybridized carbons (Fsp3) is 0.921. The number of ether oxygens (including phenoxy) is 6. The van der Waals surface area contributed by atoms with E-state index in [9.17, 15) is 14.4 Å². The third-order valence-corrected chi connectivity index (χ3v) is 9.64. The van der Waals surface area contributed by atoms with E-state index in [-0.39, 0.29) is 17.3 Å². The summed E-state index contributed by atoms with van der Waals surface area (Å²) < 4.78 is 37.5. The largest absolute Gasteiger partial charge is 0.375 e. The van der Waals surface area contributed by atoms with E-state index in [4.69, 9.17) is 28.4 Å². The minimum absolute atomic E-state index is 0.0229. The van der Waals surface area contributed by atoms with Gasteiger partial charge in [0.25, 0.3) is 0 Å². The van der Waals surface area contributed by atoms with Crippen LogP contribution in [-0.2, 0) is 42.8 Å². The first-order chi connectivity index (χ1) is 22.7. The highest BCUT2D eigenvalue weighted by atomic mass is 32.1. The van der Waals surface area contributed by atoms with E-state index in [0.29, 0.717) is 95.4 Å². The van der Waals surface area contributed by atoms with Gasteiger partial charge in [-0.3, -0.25) is 14.4 Å². The molecule has 0 aromatic rings. The molecular formula is C38H72O9S3. The van der Waals surface area contributed by atoms with Crippen LogP contribution >= 0.6 is 37.9 Å². The Bertz CT molecular complexity index is 912. The Balaban J connectivity index is 5.62. The van der Waals surface area contributed by atoms with Gasteiger partial charge in [0.05, 0.1) is 56.4 Å². The number of hydrogen-bond donors (Lipinski definition) is 3. The van der Waals surface area contributed by atoms with Crippen molar-refractivity contribution >= 4 is 55.2 Å². The third-order valence-electron chi connectivity index (χ3n) is 8.97. The van der Waals surface area contributed by atoms with E-state index in [1.165, 1.54) is 0 Å². The lowest BCUT2D eigenvalue weighted by molar-refractivity contribution is -0.166. The molecule has 0 radical (unpaired) electrons. The Kier molecular flexibility index (Phi) is 21.6. The Hall–Kier alpha value is -0.180. The topological polar surface area (TPSA) is 107 Å². The second-order valence-corrected chi connectivity index (χ2v) is 18.3. The molecule has 0 atom stereocenters. The van der Waals surface area contributed by atoms with Crippen molar-refractivity contribution in [3.63, 3.8) is 0 Å². The molecule has 0 aliphatic rings. The fourth-order valence-electron chi connectivity index (χ4n) is 4.56. The van der Waals surface area contributed by atoms with E-state index in [2.05, 4.69) is 44.8 Å². The van der Waals surface area contributed by atoms with E-state index >= 15 is 0 Å². The molecule has 0 rings (SSSR count). The van der Waals surface area contributed by atoms with Gasteiger partial charge in [0.15, 0.2) is 17.3 Å². The van der Waals surface area contributed by atoms with Crippen LogP contribution in [0.3, 0.4) is 0 Å². The van der Waals surface area contributed by atoms with Crippen molar-refractivity contribution in [3.05, 3.63) is 0 Å². The summed E-state index contributed by atoms with van der Waals surface area (Å²) in [5, 5.41) is 0. The van der Waals surface area contributed by atoms with Crippen molar-refractivity contribution in [2.24, 2.45) is 5.41 Å². The van der Waals surface area contributed by atoms with Crippen LogP contribution in [0, 0.1) is 5.41 Å². The molecule has 296 valence electrons. The van der Waals surface area contributed by atoms with Gasteiger partial charge < -0.3 is 28.4 Å². The summed E-state index contributed by atoms with van der Waals surface area (Å²) in [5.74, 6) is 1.52. The van der Waals surface area contributed by atoms with Crippen LogP contribution in [0.1, 0.15) is 129 Å². The molecule has 0 saturated heterocycles. The molecular weight excluding hydrogens is 697 g/mol. The molecule has 0 unspecified atom stereocenters. The lowest BCUT2D eigenvalue weighted by Gasteiger charge is -2.39. The Morgan fingerprint density at radius 1 is 0.400 bits per heavy atom. The summed E-state index contributed by atoms with van der Waals surface area (Å²) in [6.45, 7) is 27.0. The summed E-state index contributed by atoms with van der Waals surface area (Å²) in [5.41, 5.74) is -4.84. The second kappa shape index (κ2) is 21.6. The van der Waals surface area contributed by atoms with Crippen LogP contribution in [0.25, 0.3) is 0 Å². The van der Waals surface area contributed by atoms with Crippen LogP contribution in [0.15, 0.2) is 0 Å². The highest BCUT2D eigenvalue weighted by Crippen LogP contribution is 2.30. The molecule has 0 aromatic heterocycles. The highest BCUT2D eigenvalue weighted by molar-refractivity contribution is 7.80. The maximum absolute atomic E-state index is 12.4. The molecule has 0 aliphatic carbocycles. The molecule has 0 N–H and O–H groups in total. The van der Waals surface area contributed by atoms with Gasteiger partial charge in [-0.05, 0) is 120 Å². The molecule has 50 heavy (non-hydrogen) atoms. The fourth-order valence-corrected chi connectivity index (χ4v) is 5.16. The monoisotopic (exact) mass is 768 g/mol. The number of ketones is 3. The first-order valence-electron chi connectivity index (χ1n) is 17.9. The van der Waals surface area contributed by atoms with Crippen LogP contribution < -0.4 is 0 Å². The number of Topliss-reactive ketones (excluding diaryl/α,β-unsaturated/α-hetero) is 3. The van der Waals surface area contributed by atoms with Gasteiger partial charge in [0.2, 0.25) is 0 Å². The average molecular weight is 769 g/mol. The van der Waals surface area contributed by atoms with Crippen LogP contribution in [-0.4, -0.2) is 108 Å². The predicted molar refractivity (Wildman–Crippen MR) is 213 cm³/mol. The number of thiol groups is 3. The lowest BCUT2D eigenvalue weighted by atomic mass is 9.92. The van der Waals surface area contributed by atoms with Crippen molar-refractivity contribution in [1.82, 2.24) is 0 Å². The molecule has 0 fully saturated rings. The van der Waals surface area contributed by atoms with Crippen LogP contribution in [0.5, 0.6) is 0 Å². The van der Waals surface area contributed by atoms with E-state index < -0.39 is 39.0 Å². The van der Waals surface area contributed by atoms with Gasteiger partial charge in [-0.25, -0.2) is 0 Å². The molecule has 9 nitrogen and oxygen atoms in total. The zero-order chi connectivity index (χ0) is 39.1. The zero-order valence-electron chi connectivity index (χ0n) is 33.6. The van der Waals surface area contributed by atoms with Crippen molar-refractivity contribution < 1.29 is 42.8 Å². The van der Waals surface area contributed by atoms with Gasteiger partial charge in [-0.1, -0.05) is 6.92 Å². The van der Waals surface area contributed by atoms with Crippen molar-refractivity contribution in [2.75, 3.05) is 56.9 Å². The second-order valence-electron chi connectivity index (χ2n) is 17.0. The molecule has 12 heteroatoms. The number of rotatable bonds is 30. The van der Waals surface area contributed by atoms with E-state index in [1.807, 2.05) is 41.5 Å². The van der Waals surface area contributed by atoms with Crippen LogP contribution in [0.4, 0.5) is 0 Å². The average Bonchev–Trinajstić information content (AvgIpc) is 2.98. The zero-order valence-corrected chi connectivity index (χ0v) is 36.3.